The summed E-state index contributed by atoms with van der Waals surface area (Å²) < 4.78 is 0. The molecule has 0 aromatic heterocycles. The van der Waals surface area contributed by atoms with Gasteiger partial charge in [-0.05, 0) is 80.0 Å². The Balaban J connectivity index is 1.85. The predicted octanol–water partition coefficient (Wildman–Crippen LogP) is 6.76. The van der Waals surface area contributed by atoms with Crippen LogP contribution in [0.15, 0.2) is 11.6 Å². The van der Waals surface area contributed by atoms with E-state index in [4.69, 9.17) is 0 Å². The van der Waals surface area contributed by atoms with Gasteiger partial charge in [-0.1, -0.05) is 52.2 Å². The third-order valence-corrected chi connectivity index (χ3v) is 7.59. The van der Waals surface area contributed by atoms with E-state index in [1.54, 1.807) is 5.57 Å². The van der Waals surface area contributed by atoms with Crippen LogP contribution in [0.2, 0.25) is 0 Å². The van der Waals surface area contributed by atoms with Crippen molar-refractivity contribution in [3.05, 3.63) is 11.6 Å². The molecule has 2 saturated carbocycles. The summed E-state index contributed by atoms with van der Waals surface area (Å²) in [7, 11) is 0. The highest BCUT2D eigenvalue weighted by atomic mass is 14.6. The molecule has 0 amide bonds. The minimum Gasteiger partial charge on any atom is -0.0850 e. The molecule has 0 radical (unpaired) electrons. The van der Waals surface area contributed by atoms with Crippen molar-refractivity contribution in [2.24, 2.45) is 28.6 Å². The van der Waals surface area contributed by atoms with Gasteiger partial charge in [0.2, 0.25) is 0 Å². The molecule has 3 rings (SSSR count). The first-order chi connectivity index (χ1) is 9.97. The molecular weight excluding hydrogens is 252 g/mol. The molecule has 0 saturated heterocycles. The molecule has 0 heteroatoms. The maximum atomic E-state index is 2.67. The maximum Gasteiger partial charge on any atom is -0.0259 e. The van der Waals surface area contributed by atoms with Gasteiger partial charge in [0.25, 0.3) is 0 Å². The van der Waals surface area contributed by atoms with Gasteiger partial charge in [0, 0.05) is 0 Å². The Kier molecular flexibility index (Phi) is 4.27. The number of rotatable bonds is 2. The molecule has 0 aliphatic heterocycles. The highest BCUT2D eigenvalue weighted by Gasteiger charge is 2.54. The molecule has 3 aliphatic carbocycles. The molecule has 0 nitrogen and oxygen atoms in total. The van der Waals surface area contributed by atoms with Crippen LogP contribution in [-0.2, 0) is 0 Å². The molecular formula is C21H36. The molecule has 0 bridgehead atoms. The molecule has 0 heterocycles. The van der Waals surface area contributed by atoms with Crippen LogP contribution in [0.4, 0.5) is 0 Å². The van der Waals surface area contributed by atoms with E-state index < -0.39 is 0 Å². The molecule has 0 N–H and O–H groups in total. The van der Waals surface area contributed by atoms with Gasteiger partial charge < -0.3 is 0 Å². The average Bonchev–Trinajstić information content (AvgIpc) is 2.62. The van der Waals surface area contributed by atoms with Crippen LogP contribution >= 0.6 is 0 Å². The normalized spacial score (nSPS) is 42.5. The van der Waals surface area contributed by atoms with Crippen LogP contribution in [0.5, 0.6) is 0 Å². The molecule has 0 aromatic carbocycles. The van der Waals surface area contributed by atoms with Crippen molar-refractivity contribution in [2.45, 2.75) is 91.9 Å². The zero-order chi connectivity index (χ0) is 15.1. The summed E-state index contributed by atoms with van der Waals surface area (Å²) >= 11 is 0. The van der Waals surface area contributed by atoms with E-state index >= 15 is 0 Å². The minimum atomic E-state index is 0.584. The van der Waals surface area contributed by atoms with Gasteiger partial charge in [-0.2, -0.15) is 0 Å². The van der Waals surface area contributed by atoms with Crippen molar-refractivity contribution in [1.82, 2.24) is 0 Å². The van der Waals surface area contributed by atoms with E-state index in [1.807, 2.05) is 0 Å². The van der Waals surface area contributed by atoms with Gasteiger partial charge in [0.05, 0.1) is 0 Å². The van der Waals surface area contributed by atoms with Crippen LogP contribution in [0, 0.1) is 28.6 Å². The summed E-state index contributed by atoms with van der Waals surface area (Å²) in [6.07, 6.45) is 17.1. The smallest absolute Gasteiger partial charge is 0.0259 e. The second-order valence-electron chi connectivity index (χ2n) is 9.23. The maximum absolute atomic E-state index is 2.67. The lowest BCUT2D eigenvalue weighted by Gasteiger charge is -2.59. The summed E-state index contributed by atoms with van der Waals surface area (Å²) in [4.78, 5) is 0. The fraction of sp³-hybridized carbons (Fsp3) is 0.905. The van der Waals surface area contributed by atoms with Gasteiger partial charge >= 0.3 is 0 Å². The zero-order valence-electron chi connectivity index (χ0n) is 14.9. The topological polar surface area (TPSA) is 0 Å². The van der Waals surface area contributed by atoms with Crippen molar-refractivity contribution in [3.8, 4) is 0 Å². The van der Waals surface area contributed by atoms with Crippen LogP contribution in [0.25, 0.3) is 0 Å². The van der Waals surface area contributed by atoms with Crippen LogP contribution in [0.3, 0.4) is 0 Å². The summed E-state index contributed by atoms with van der Waals surface area (Å²) in [6.45, 7) is 10.1. The SMILES string of the molecule is CCCC1=CCC2C(CC1)CCC1C(C)(C)CCCC21C. The fourth-order valence-electron chi connectivity index (χ4n) is 6.57. The number of hydrogen-bond donors (Lipinski definition) is 0. The van der Waals surface area contributed by atoms with Gasteiger partial charge in [0.15, 0.2) is 0 Å². The fourth-order valence-corrected chi connectivity index (χ4v) is 6.57. The van der Waals surface area contributed by atoms with Crippen molar-refractivity contribution >= 4 is 0 Å². The molecule has 2 fully saturated rings. The standard InChI is InChI=1S/C21H36/c1-5-7-16-8-10-17-11-13-19-20(2,3)14-6-15-21(19,4)18(17)12-9-16/h9,17-19H,5-8,10-15H2,1-4H3. The number of hydrogen-bond acceptors (Lipinski definition) is 0. The first-order valence-electron chi connectivity index (χ1n) is 9.65. The summed E-state index contributed by atoms with van der Waals surface area (Å²) in [6, 6.07) is 0. The molecule has 4 atom stereocenters. The second kappa shape index (κ2) is 5.74. The molecule has 120 valence electrons. The van der Waals surface area contributed by atoms with E-state index in [9.17, 15) is 0 Å². The monoisotopic (exact) mass is 288 g/mol. The Hall–Kier alpha value is -0.260. The lowest BCUT2D eigenvalue weighted by molar-refractivity contribution is -0.0961. The molecule has 0 aromatic rings. The molecule has 21 heavy (non-hydrogen) atoms. The van der Waals surface area contributed by atoms with Crippen LogP contribution in [0.1, 0.15) is 91.9 Å². The van der Waals surface area contributed by atoms with Gasteiger partial charge in [-0.25, -0.2) is 0 Å². The first kappa shape index (κ1) is 15.6. The van der Waals surface area contributed by atoms with Gasteiger partial charge in [0.1, 0.15) is 0 Å². The Morgan fingerprint density at radius 3 is 2.67 bits per heavy atom. The third-order valence-electron chi connectivity index (χ3n) is 7.59. The lowest BCUT2D eigenvalue weighted by Crippen LogP contribution is -2.51. The quantitative estimate of drug-likeness (QED) is 0.493. The number of allylic oxidation sites excluding steroid dienone is 2. The Bertz CT molecular complexity index is 402. The van der Waals surface area contributed by atoms with Crippen molar-refractivity contribution < 1.29 is 0 Å². The summed E-state index contributed by atoms with van der Waals surface area (Å²) in [5.74, 6) is 2.97. The highest BCUT2D eigenvalue weighted by molar-refractivity contribution is 5.11. The van der Waals surface area contributed by atoms with Gasteiger partial charge in [-0.3, -0.25) is 0 Å². The molecule has 0 spiro atoms. The van der Waals surface area contributed by atoms with E-state index in [0.717, 1.165) is 17.8 Å². The summed E-state index contributed by atoms with van der Waals surface area (Å²) in [5, 5.41) is 0. The second-order valence-corrected chi connectivity index (χ2v) is 9.23. The van der Waals surface area contributed by atoms with E-state index in [1.165, 1.54) is 64.2 Å². The van der Waals surface area contributed by atoms with Crippen molar-refractivity contribution in [1.29, 1.82) is 0 Å². The van der Waals surface area contributed by atoms with E-state index in [-0.39, 0.29) is 0 Å². The largest absolute Gasteiger partial charge is 0.0850 e. The molecule has 4 unspecified atom stereocenters. The van der Waals surface area contributed by atoms with Crippen molar-refractivity contribution in [2.75, 3.05) is 0 Å². The minimum absolute atomic E-state index is 0.584. The Morgan fingerprint density at radius 1 is 1.10 bits per heavy atom. The van der Waals surface area contributed by atoms with Crippen LogP contribution in [-0.4, -0.2) is 0 Å². The van der Waals surface area contributed by atoms with Gasteiger partial charge in [-0.15, -0.1) is 0 Å². The lowest BCUT2D eigenvalue weighted by atomic mass is 9.46. The van der Waals surface area contributed by atoms with E-state index in [0.29, 0.717) is 10.8 Å². The zero-order valence-corrected chi connectivity index (χ0v) is 14.9. The first-order valence-corrected chi connectivity index (χ1v) is 9.65. The summed E-state index contributed by atoms with van der Waals surface area (Å²) in [5.41, 5.74) is 2.99. The Morgan fingerprint density at radius 2 is 1.90 bits per heavy atom. The highest BCUT2D eigenvalue weighted by Crippen LogP contribution is 2.63. The van der Waals surface area contributed by atoms with Crippen LogP contribution < -0.4 is 0 Å². The van der Waals surface area contributed by atoms with E-state index in [2.05, 4.69) is 33.8 Å². The predicted molar refractivity (Wildman–Crippen MR) is 92.3 cm³/mol. The average molecular weight is 289 g/mol. The van der Waals surface area contributed by atoms with Crippen molar-refractivity contribution in [3.63, 3.8) is 0 Å². The third kappa shape index (κ3) is 2.73. The Labute approximate surface area is 132 Å². The molecule has 3 aliphatic rings. The number of fused-ring (bicyclic) bond motifs is 3.